The van der Waals surface area contributed by atoms with Crippen molar-refractivity contribution in [1.29, 1.82) is 0 Å². The number of aromatic nitrogens is 3. The molecule has 1 aliphatic rings. The lowest BCUT2D eigenvalue weighted by atomic mass is 10.0. The molecule has 0 saturated carbocycles. The lowest BCUT2D eigenvalue weighted by molar-refractivity contribution is -0.106. The maximum absolute atomic E-state index is 12.8. The summed E-state index contributed by atoms with van der Waals surface area (Å²) in [7, 11) is -4.68. The number of halogens is 4. The minimum atomic E-state index is -4.87. The maximum atomic E-state index is 12.8. The Morgan fingerprint density at radius 1 is 1.05 bits per heavy atom. The van der Waals surface area contributed by atoms with E-state index in [1.165, 1.54) is 6.07 Å². The minimum absolute atomic E-state index is 0. The Kier molecular flexibility index (Phi) is 9.20. The van der Waals surface area contributed by atoms with Gasteiger partial charge in [-0.1, -0.05) is 24.3 Å². The molecule has 4 aromatic rings. The molecule has 2 aromatic carbocycles. The SMILES string of the molecule is Cc1ccc2c(NS(=O)(=O)CC(F)(F)F)cccc2c1Oc1ncccc1-c1ccnc(NC2CCCNC2)n1.Cl. The van der Waals surface area contributed by atoms with Crippen molar-refractivity contribution < 1.29 is 26.3 Å². The Bertz CT molecular complexity index is 1630. The van der Waals surface area contributed by atoms with Gasteiger partial charge in [-0.25, -0.2) is 23.4 Å². The van der Waals surface area contributed by atoms with Gasteiger partial charge < -0.3 is 15.4 Å². The van der Waals surface area contributed by atoms with Crippen molar-refractivity contribution in [3.05, 3.63) is 66.5 Å². The second-order valence-corrected chi connectivity index (χ2v) is 11.2. The number of hydrogen-bond acceptors (Lipinski definition) is 8. The second-order valence-electron chi connectivity index (χ2n) is 9.50. The van der Waals surface area contributed by atoms with Crippen LogP contribution in [-0.4, -0.2) is 54.4 Å². The molecule has 0 spiro atoms. The third kappa shape index (κ3) is 7.54. The fraction of sp³-hybridized carbons (Fsp3) is 0.296. The van der Waals surface area contributed by atoms with Crippen LogP contribution in [0.5, 0.6) is 11.6 Å². The first-order chi connectivity index (χ1) is 19.1. The maximum Gasteiger partial charge on any atom is 0.404 e. The van der Waals surface area contributed by atoms with Gasteiger partial charge in [-0.3, -0.25) is 4.72 Å². The van der Waals surface area contributed by atoms with E-state index in [1.807, 2.05) is 13.0 Å². The Morgan fingerprint density at radius 3 is 2.63 bits per heavy atom. The van der Waals surface area contributed by atoms with E-state index in [0.717, 1.165) is 25.9 Å². The van der Waals surface area contributed by atoms with Crippen LogP contribution in [0.4, 0.5) is 24.8 Å². The van der Waals surface area contributed by atoms with E-state index in [1.54, 1.807) is 48.8 Å². The molecule has 0 radical (unpaired) electrons. The quantitative estimate of drug-likeness (QED) is 0.234. The number of sulfonamides is 1. The number of nitrogens with one attached hydrogen (secondary N) is 3. The number of benzene rings is 2. The van der Waals surface area contributed by atoms with Crippen LogP contribution in [0.15, 0.2) is 60.9 Å². The first-order valence-electron chi connectivity index (χ1n) is 12.6. The molecule has 1 aliphatic heterocycles. The number of fused-ring (bicyclic) bond motifs is 1. The Morgan fingerprint density at radius 2 is 1.88 bits per heavy atom. The molecule has 0 bridgehead atoms. The summed E-state index contributed by atoms with van der Waals surface area (Å²) < 4.78 is 71.0. The highest BCUT2D eigenvalue weighted by Crippen LogP contribution is 2.39. The lowest BCUT2D eigenvalue weighted by Crippen LogP contribution is -2.38. The summed E-state index contributed by atoms with van der Waals surface area (Å²) in [5, 5.41) is 7.58. The van der Waals surface area contributed by atoms with Crippen LogP contribution in [0.25, 0.3) is 22.0 Å². The van der Waals surface area contributed by atoms with Gasteiger partial charge in [0.05, 0.1) is 16.9 Å². The molecule has 3 N–H and O–H groups in total. The molecule has 2 aromatic heterocycles. The van der Waals surface area contributed by atoms with E-state index in [9.17, 15) is 21.6 Å². The van der Waals surface area contributed by atoms with Crippen LogP contribution in [0.1, 0.15) is 18.4 Å². The Hall–Kier alpha value is -3.68. The summed E-state index contributed by atoms with van der Waals surface area (Å²) in [6.45, 7) is 3.62. The monoisotopic (exact) mass is 608 g/mol. The molecule has 218 valence electrons. The standard InChI is InChI=1S/C27H27F3N6O3S.ClH/c1-17-9-10-19-20(6-2-8-23(19)36-40(37,38)16-27(28,29)30)24(17)39-25-21(7-4-13-32-25)22-11-14-33-26(35-22)34-18-5-3-12-31-15-18;/h2,4,6-11,13-14,18,31,36H,3,5,12,15-16H2,1H3,(H,33,34,35);1H. The van der Waals surface area contributed by atoms with Crippen LogP contribution >= 0.6 is 12.4 Å². The van der Waals surface area contributed by atoms with Crippen LogP contribution in [0.2, 0.25) is 0 Å². The van der Waals surface area contributed by atoms with Crippen molar-refractivity contribution in [2.24, 2.45) is 0 Å². The Balaban J connectivity index is 0.00000387. The van der Waals surface area contributed by atoms with Gasteiger partial charge in [0.2, 0.25) is 21.9 Å². The van der Waals surface area contributed by atoms with Gasteiger partial charge in [-0.2, -0.15) is 13.2 Å². The highest BCUT2D eigenvalue weighted by atomic mass is 35.5. The molecule has 3 heterocycles. The first kappa shape index (κ1) is 30.3. The zero-order valence-corrected chi connectivity index (χ0v) is 23.5. The smallest absolute Gasteiger partial charge is 0.404 e. The fourth-order valence-corrected chi connectivity index (χ4v) is 5.60. The Labute approximate surface area is 241 Å². The zero-order valence-electron chi connectivity index (χ0n) is 21.9. The average molecular weight is 609 g/mol. The zero-order chi connectivity index (χ0) is 28.3. The molecule has 9 nitrogen and oxygen atoms in total. The molecule has 14 heteroatoms. The number of anilines is 2. The van der Waals surface area contributed by atoms with E-state index >= 15 is 0 Å². The average Bonchev–Trinajstić information content (AvgIpc) is 2.90. The predicted octanol–water partition coefficient (Wildman–Crippen LogP) is 5.68. The molecule has 0 amide bonds. The molecule has 1 fully saturated rings. The molecule has 5 rings (SSSR count). The third-order valence-corrected chi connectivity index (χ3v) is 7.60. The van der Waals surface area contributed by atoms with Gasteiger partial charge in [0.15, 0.2) is 5.75 Å². The van der Waals surface area contributed by atoms with Crippen molar-refractivity contribution in [2.45, 2.75) is 32.0 Å². The van der Waals surface area contributed by atoms with Gasteiger partial charge in [0, 0.05) is 35.8 Å². The van der Waals surface area contributed by atoms with Gasteiger partial charge in [-0.05, 0) is 56.1 Å². The third-order valence-electron chi connectivity index (χ3n) is 6.36. The van der Waals surface area contributed by atoms with Crippen molar-refractivity contribution in [2.75, 3.05) is 28.9 Å². The van der Waals surface area contributed by atoms with Crippen molar-refractivity contribution in [3.8, 4) is 22.9 Å². The van der Waals surface area contributed by atoms with Crippen LogP contribution in [-0.2, 0) is 10.0 Å². The number of ether oxygens (including phenoxy) is 1. The number of pyridine rings is 1. The molecule has 1 unspecified atom stereocenters. The summed E-state index contributed by atoms with van der Waals surface area (Å²) in [6.07, 6.45) is 0.426. The van der Waals surface area contributed by atoms with Crippen LogP contribution < -0.4 is 20.1 Å². The number of nitrogens with zero attached hydrogens (tertiary/aromatic N) is 3. The van der Waals surface area contributed by atoms with Gasteiger partial charge in [-0.15, -0.1) is 12.4 Å². The number of hydrogen-bond donors (Lipinski definition) is 3. The topological polar surface area (TPSA) is 118 Å². The molecule has 1 atom stereocenters. The van der Waals surface area contributed by atoms with Crippen molar-refractivity contribution in [3.63, 3.8) is 0 Å². The van der Waals surface area contributed by atoms with Gasteiger partial charge in [0.1, 0.15) is 5.75 Å². The summed E-state index contributed by atoms with van der Waals surface area (Å²) in [4.78, 5) is 13.4. The van der Waals surface area contributed by atoms with E-state index < -0.39 is 22.0 Å². The summed E-state index contributed by atoms with van der Waals surface area (Å²) >= 11 is 0. The summed E-state index contributed by atoms with van der Waals surface area (Å²) in [5.74, 6) is -0.867. The summed E-state index contributed by atoms with van der Waals surface area (Å²) in [6, 6.07) is 13.5. The van der Waals surface area contributed by atoms with E-state index in [4.69, 9.17) is 4.74 Å². The molecule has 1 saturated heterocycles. The van der Waals surface area contributed by atoms with Gasteiger partial charge >= 0.3 is 6.18 Å². The molecule has 41 heavy (non-hydrogen) atoms. The number of aryl methyl sites for hydroxylation is 1. The second kappa shape index (κ2) is 12.5. The van der Waals surface area contributed by atoms with Crippen LogP contribution in [0.3, 0.4) is 0 Å². The van der Waals surface area contributed by atoms with E-state index in [-0.39, 0.29) is 30.0 Å². The first-order valence-corrected chi connectivity index (χ1v) is 14.3. The lowest BCUT2D eigenvalue weighted by Gasteiger charge is -2.23. The minimum Gasteiger partial charge on any atom is -0.437 e. The predicted molar refractivity (Wildman–Crippen MR) is 154 cm³/mol. The van der Waals surface area contributed by atoms with Gasteiger partial charge in [0.25, 0.3) is 0 Å². The molecule has 0 aliphatic carbocycles. The van der Waals surface area contributed by atoms with Crippen molar-refractivity contribution >= 4 is 44.8 Å². The summed E-state index contributed by atoms with van der Waals surface area (Å²) in [5.41, 5.74) is 1.92. The van der Waals surface area contributed by atoms with Crippen LogP contribution in [0, 0.1) is 6.92 Å². The van der Waals surface area contributed by atoms with E-state index in [2.05, 4.69) is 30.3 Å². The van der Waals surface area contributed by atoms with Crippen molar-refractivity contribution in [1.82, 2.24) is 20.3 Å². The number of rotatable bonds is 8. The largest absolute Gasteiger partial charge is 0.437 e. The molecular weight excluding hydrogens is 581 g/mol. The number of alkyl halides is 3. The molecular formula is C27H28ClF3N6O3S. The highest BCUT2D eigenvalue weighted by molar-refractivity contribution is 7.92. The fourth-order valence-electron chi connectivity index (χ4n) is 4.58. The number of piperidine rings is 1. The highest BCUT2D eigenvalue weighted by Gasteiger charge is 2.35. The normalized spacial score (nSPS) is 15.7. The van der Waals surface area contributed by atoms with E-state index in [0.29, 0.717) is 39.3 Å².